The average Bonchev–Trinajstić information content (AvgIpc) is 2.92. The Kier molecular flexibility index (Phi) is 4.55. The quantitative estimate of drug-likeness (QED) is 0.669. The van der Waals surface area contributed by atoms with Gasteiger partial charge in [-0.3, -0.25) is 9.59 Å². The van der Waals surface area contributed by atoms with E-state index in [1.54, 1.807) is 31.2 Å². The molecule has 19 heavy (non-hydrogen) atoms. The highest BCUT2D eigenvalue weighted by atomic mass is 16.5. The van der Waals surface area contributed by atoms with Gasteiger partial charge in [0, 0.05) is 18.0 Å². The zero-order chi connectivity index (χ0) is 13.7. The first kappa shape index (κ1) is 13.6. The summed E-state index contributed by atoms with van der Waals surface area (Å²) in [5.41, 5.74) is 0.600. The van der Waals surface area contributed by atoms with Gasteiger partial charge in [0.15, 0.2) is 0 Å². The maximum Gasteiger partial charge on any atom is 0.310 e. The summed E-state index contributed by atoms with van der Waals surface area (Å²) in [4.78, 5) is 23.1. The van der Waals surface area contributed by atoms with Crippen molar-refractivity contribution in [3.63, 3.8) is 0 Å². The average molecular weight is 261 g/mol. The number of hydrogen-bond acceptors (Lipinski definition) is 3. The van der Waals surface area contributed by atoms with Gasteiger partial charge in [0.1, 0.15) is 5.75 Å². The van der Waals surface area contributed by atoms with Crippen molar-refractivity contribution >= 4 is 11.9 Å². The number of benzene rings is 1. The van der Waals surface area contributed by atoms with Crippen molar-refractivity contribution in [2.75, 3.05) is 0 Å². The van der Waals surface area contributed by atoms with Gasteiger partial charge in [0.05, 0.1) is 0 Å². The van der Waals surface area contributed by atoms with E-state index in [0.717, 1.165) is 12.8 Å². The Balaban J connectivity index is 1.93. The Bertz CT molecular complexity index is 447. The van der Waals surface area contributed by atoms with Crippen molar-refractivity contribution in [2.45, 2.75) is 45.1 Å². The smallest absolute Gasteiger partial charge is 0.310 e. The van der Waals surface area contributed by atoms with Crippen LogP contribution in [0.3, 0.4) is 0 Å². The summed E-state index contributed by atoms with van der Waals surface area (Å²) in [5.74, 6) is 0.146. The molecule has 0 atom stereocenters. The van der Waals surface area contributed by atoms with Crippen molar-refractivity contribution in [1.82, 2.24) is 5.32 Å². The maximum absolute atomic E-state index is 12.0. The van der Waals surface area contributed by atoms with Gasteiger partial charge in [-0.2, -0.15) is 0 Å². The SMILES string of the molecule is CCC(=O)Oc1ccc(C(=O)NC2CCCC2)cc1. The first-order valence-corrected chi connectivity index (χ1v) is 6.80. The molecule has 1 aromatic carbocycles. The lowest BCUT2D eigenvalue weighted by Gasteiger charge is -2.12. The number of esters is 1. The molecular formula is C15H19NO3. The molecule has 4 nitrogen and oxygen atoms in total. The van der Waals surface area contributed by atoms with E-state index in [4.69, 9.17) is 4.74 Å². The lowest BCUT2D eigenvalue weighted by molar-refractivity contribution is -0.134. The van der Waals surface area contributed by atoms with Gasteiger partial charge in [0.25, 0.3) is 5.91 Å². The van der Waals surface area contributed by atoms with Gasteiger partial charge >= 0.3 is 5.97 Å². The zero-order valence-corrected chi connectivity index (χ0v) is 11.1. The fourth-order valence-corrected chi connectivity index (χ4v) is 2.22. The third-order valence-corrected chi connectivity index (χ3v) is 3.33. The second kappa shape index (κ2) is 6.36. The molecule has 1 aliphatic carbocycles. The van der Waals surface area contributed by atoms with Crippen LogP contribution in [0.4, 0.5) is 0 Å². The number of carbonyl (C=O) groups is 2. The van der Waals surface area contributed by atoms with E-state index in [-0.39, 0.29) is 11.9 Å². The maximum atomic E-state index is 12.0. The summed E-state index contributed by atoms with van der Waals surface area (Å²) in [7, 11) is 0. The van der Waals surface area contributed by atoms with Crippen molar-refractivity contribution in [2.24, 2.45) is 0 Å². The standard InChI is InChI=1S/C15H19NO3/c1-2-14(17)19-13-9-7-11(8-10-13)15(18)16-12-5-3-4-6-12/h7-10,12H,2-6H2,1H3,(H,16,18). The second-order valence-electron chi connectivity index (χ2n) is 4.81. The van der Waals surface area contributed by atoms with Crippen LogP contribution in [0.15, 0.2) is 24.3 Å². The molecule has 0 aliphatic heterocycles. The van der Waals surface area contributed by atoms with E-state index in [2.05, 4.69) is 5.32 Å². The predicted octanol–water partition coefficient (Wildman–Crippen LogP) is 2.67. The molecule has 4 heteroatoms. The van der Waals surface area contributed by atoms with Crippen LogP contribution in [-0.2, 0) is 4.79 Å². The van der Waals surface area contributed by atoms with E-state index >= 15 is 0 Å². The summed E-state index contributed by atoms with van der Waals surface area (Å²) in [5, 5.41) is 3.02. The topological polar surface area (TPSA) is 55.4 Å². The summed E-state index contributed by atoms with van der Waals surface area (Å²) >= 11 is 0. The highest BCUT2D eigenvalue weighted by Gasteiger charge is 2.17. The summed E-state index contributed by atoms with van der Waals surface area (Å²) < 4.78 is 5.06. The third-order valence-electron chi connectivity index (χ3n) is 3.33. The molecule has 102 valence electrons. The van der Waals surface area contributed by atoms with Crippen LogP contribution in [0.25, 0.3) is 0 Å². The van der Waals surface area contributed by atoms with Crippen LogP contribution in [0, 0.1) is 0 Å². The van der Waals surface area contributed by atoms with Gasteiger partial charge in [-0.15, -0.1) is 0 Å². The molecule has 1 N–H and O–H groups in total. The highest BCUT2D eigenvalue weighted by molar-refractivity contribution is 5.94. The van der Waals surface area contributed by atoms with Crippen LogP contribution in [-0.4, -0.2) is 17.9 Å². The first-order valence-electron chi connectivity index (χ1n) is 6.80. The molecule has 0 aromatic heterocycles. The molecule has 0 saturated heterocycles. The highest BCUT2D eigenvalue weighted by Crippen LogP contribution is 2.19. The summed E-state index contributed by atoms with van der Waals surface area (Å²) in [6.07, 6.45) is 4.85. The lowest BCUT2D eigenvalue weighted by atomic mass is 10.1. The van der Waals surface area contributed by atoms with Crippen molar-refractivity contribution < 1.29 is 14.3 Å². The molecule has 1 aromatic rings. The van der Waals surface area contributed by atoms with Crippen LogP contribution >= 0.6 is 0 Å². The molecule has 0 bridgehead atoms. The monoisotopic (exact) mass is 261 g/mol. The number of rotatable bonds is 4. The largest absolute Gasteiger partial charge is 0.427 e. The molecule has 0 heterocycles. The molecule has 2 rings (SSSR count). The summed E-state index contributed by atoms with van der Waals surface area (Å²) in [6.45, 7) is 1.74. The van der Waals surface area contributed by atoms with Gasteiger partial charge in [-0.25, -0.2) is 0 Å². The zero-order valence-electron chi connectivity index (χ0n) is 11.1. The molecule has 1 aliphatic rings. The van der Waals surface area contributed by atoms with E-state index in [9.17, 15) is 9.59 Å². The lowest BCUT2D eigenvalue weighted by Crippen LogP contribution is -2.32. The normalized spacial score (nSPS) is 15.2. The molecule has 0 unspecified atom stereocenters. The van der Waals surface area contributed by atoms with E-state index in [1.165, 1.54) is 12.8 Å². The third kappa shape index (κ3) is 3.81. The number of ether oxygens (including phenoxy) is 1. The fraction of sp³-hybridized carbons (Fsp3) is 0.467. The molecule has 1 saturated carbocycles. The molecule has 0 radical (unpaired) electrons. The van der Waals surface area contributed by atoms with Gasteiger partial charge in [-0.1, -0.05) is 19.8 Å². The predicted molar refractivity (Wildman–Crippen MR) is 72.1 cm³/mol. The minimum Gasteiger partial charge on any atom is -0.427 e. The molecule has 0 spiro atoms. The molecule has 1 fully saturated rings. The Morgan fingerprint density at radius 1 is 1.21 bits per heavy atom. The Morgan fingerprint density at radius 2 is 1.84 bits per heavy atom. The van der Waals surface area contributed by atoms with Crippen molar-refractivity contribution in [3.8, 4) is 5.75 Å². The Morgan fingerprint density at radius 3 is 2.42 bits per heavy atom. The van der Waals surface area contributed by atoms with Crippen molar-refractivity contribution in [3.05, 3.63) is 29.8 Å². The summed E-state index contributed by atoms with van der Waals surface area (Å²) in [6, 6.07) is 6.98. The number of hydrogen-bond donors (Lipinski definition) is 1. The van der Waals surface area contributed by atoms with Gasteiger partial charge in [-0.05, 0) is 37.1 Å². The number of carbonyl (C=O) groups excluding carboxylic acids is 2. The van der Waals surface area contributed by atoms with Gasteiger partial charge in [0.2, 0.25) is 0 Å². The minimum atomic E-state index is -0.275. The van der Waals surface area contributed by atoms with E-state index in [0.29, 0.717) is 23.8 Å². The molecule has 1 amide bonds. The minimum absolute atomic E-state index is 0.0553. The van der Waals surface area contributed by atoms with Crippen LogP contribution < -0.4 is 10.1 Å². The van der Waals surface area contributed by atoms with Crippen LogP contribution in [0.2, 0.25) is 0 Å². The molecular weight excluding hydrogens is 242 g/mol. The number of amides is 1. The fourth-order valence-electron chi connectivity index (χ4n) is 2.22. The van der Waals surface area contributed by atoms with E-state index < -0.39 is 0 Å². The Labute approximate surface area is 113 Å². The second-order valence-corrected chi connectivity index (χ2v) is 4.81. The van der Waals surface area contributed by atoms with Crippen LogP contribution in [0.5, 0.6) is 5.75 Å². The Hall–Kier alpha value is -1.84. The van der Waals surface area contributed by atoms with Gasteiger partial charge < -0.3 is 10.1 Å². The number of nitrogens with one attached hydrogen (secondary N) is 1. The van der Waals surface area contributed by atoms with E-state index in [1.807, 2.05) is 0 Å². The first-order chi connectivity index (χ1) is 9.19. The van der Waals surface area contributed by atoms with Crippen LogP contribution in [0.1, 0.15) is 49.4 Å². The van der Waals surface area contributed by atoms with Crippen molar-refractivity contribution in [1.29, 1.82) is 0 Å².